The average molecular weight is 591 g/mol. The van der Waals surface area contributed by atoms with E-state index in [1.165, 1.54) is 17.2 Å². The number of benzene rings is 3. The SMILES string of the molecule is FC(F)(F)c1cccc(CN(CCCBr)CC(c2ccccc2)c2ccccc2)c1Cl.[Br-]. The Balaban J connectivity index is 0.00000363. The third-order valence-electron chi connectivity index (χ3n) is 5.23. The molecule has 0 saturated carbocycles. The van der Waals surface area contributed by atoms with Crippen molar-refractivity contribution in [1.29, 1.82) is 0 Å². The molecule has 0 atom stereocenters. The molecule has 0 spiro atoms. The van der Waals surface area contributed by atoms with Crippen LogP contribution < -0.4 is 17.0 Å². The van der Waals surface area contributed by atoms with E-state index in [4.69, 9.17) is 11.6 Å². The molecule has 0 aromatic heterocycles. The van der Waals surface area contributed by atoms with Crippen molar-refractivity contribution in [2.75, 3.05) is 18.4 Å². The topological polar surface area (TPSA) is 3.24 Å². The van der Waals surface area contributed by atoms with Gasteiger partial charge in [-0.2, -0.15) is 13.2 Å². The second-order valence-corrected chi connectivity index (χ2v) is 8.60. The van der Waals surface area contributed by atoms with E-state index < -0.39 is 11.7 Å². The van der Waals surface area contributed by atoms with Gasteiger partial charge < -0.3 is 17.0 Å². The van der Waals surface area contributed by atoms with Crippen molar-refractivity contribution < 1.29 is 30.2 Å². The van der Waals surface area contributed by atoms with Crippen LogP contribution in [0.4, 0.5) is 13.2 Å². The predicted molar refractivity (Wildman–Crippen MR) is 125 cm³/mol. The molecule has 3 aromatic carbocycles. The maximum atomic E-state index is 13.3. The molecule has 32 heavy (non-hydrogen) atoms. The lowest BCUT2D eigenvalue weighted by Gasteiger charge is -2.29. The summed E-state index contributed by atoms with van der Waals surface area (Å²) >= 11 is 9.66. The summed E-state index contributed by atoms with van der Waals surface area (Å²) in [4.78, 5) is 2.19. The molecule has 1 nitrogen and oxygen atoms in total. The highest BCUT2D eigenvalue weighted by molar-refractivity contribution is 9.09. The minimum atomic E-state index is -4.47. The highest BCUT2D eigenvalue weighted by Crippen LogP contribution is 2.37. The lowest BCUT2D eigenvalue weighted by molar-refractivity contribution is -0.137. The van der Waals surface area contributed by atoms with Gasteiger partial charge in [-0.3, -0.25) is 4.90 Å². The molecule has 0 bridgehead atoms. The van der Waals surface area contributed by atoms with Crippen LogP contribution in [-0.2, 0) is 12.7 Å². The number of alkyl halides is 4. The second-order valence-electron chi connectivity index (χ2n) is 7.43. The van der Waals surface area contributed by atoms with Crippen LogP contribution in [-0.4, -0.2) is 23.3 Å². The van der Waals surface area contributed by atoms with Gasteiger partial charge in [0.05, 0.1) is 10.6 Å². The van der Waals surface area contributed by atoms with E-state index in [0.717, 1.165) is 24.4 Å². The molecule has 172 valence electrons. The molecule has 0 amide bonds. The molecule has 0 fully saturated rings. The second kappa shape index (κ2) is 12.8. The molecule has 0 heterocycles. The van der Waals surface area contributed by atoms with E-state index in [0.29, 0.717) is 18.7 Å². The van der Waals surface area contributed by atoms with E-state index in [1.807, 2.05) is 36.4 Å². The van der Waals surface area contributed by atoms with Gasteiger partial charge in [0.25, 0.3) is 0 Å². The van der Waals surface area contributed by atoms with Gasteiger partial charge in [0.2, 0.25) is 0 Å². The minimum Gasteiger partial charge on any atom is -1.00 e. The Morgan fingerprint density at radius 1 is 0.844 bits per heavy atom. The van der Waals surface area contributed by atoms with Crippen LogP contribution in [0.25, 0.3) is 0 Å². The van der Waals surface area contributed by atoms with Crippen molar-refractivity contribution >= 4 is 27.5 Å². The van der Waals surface area contributed by atoms with Crippen molar-refractivity contribution in [2.45, 2.75) is 25.1 Å². The van der Waals surface area contributed by atoms with E-state index in [2.05, 4.69) is 45.1 Å². The van der Waals surface area contributed by atoms with E-state index in [1.54, 1.807) is 6.07 Å². The van der Waals surface area contributed by atoms with Crippen molar-refractivity contribution in [2.24, 2.45) is 0 Å². The van der Waals surface area contributed by atoms with Crippen molar-refractivity contribution in [3.05, 3.63) is 106 Å². The quantitative estimate of drug-likeness (QED) is 0.325. The molecule has 3 rings (SSSR count). The molecule has 0 aliphatic carbocycles. The third kappa shape index (κ3) is 7.34. The van der Waals surface area contributed by atoms with Gasteiger partial charge >= 0.3 is 6.18 Å². The van der Waals surface area contributed by atoms with Gasteiger partial charge in [0.1, 0.15) is 0 Å². The standard InChI is InChI=1S/C25H24BrClF3N.BrH/c26-15-8-16-31(17-21-13-7-14-23(24(21)27)25(28,29)30)18-22(19-9-3-1-4-10-19)20-11-5-2-6-12-20;/h1-7,9-14,22H,8,15-18H2;1H/p-1. The Labute approximate surface area is 211 Å². The average Bonchev–Trinajstić information content (AvgIpc) is 2.77. The van der Waals surface area contributed by atoms with Gasteiger partial charge in [-0.25, -0.2) is 0 Å². The summed E-state index contributed by atoms with van der Waals surface area (Å²) in [5, 5.41) is 0.607. The zero-order valence-electron chi connectivity index (χ0n) is 17.3. The van der Waals surface area contributed by atoms with Crippen molar-refractivity contribution in [1.82, 2.24) is 4.90 Å². The highest BCUT2D eigenvalue weighted by Gasteiger charge is 2.34. The maximum Gasteiger partial charge on any atom is 0.417 e. The largest absolute Gasteiger partial charge is 1.00 e. The summed E-state index contributed by atoms with van der Waals surface area (Å²) in [6.45, 7) is 1.77. The fraction of sp³-hybridized carbons (Fsp3) is 0.280. The van der Waals surface area contributed by atoms with Crippen LogP contribution in [0.5, 0.6) is 0 Å². The van der Waals surface area contributed by atoms with Gasteiger partial charge in [-0.15, -0.1) is 0 Å². The lowest BCUT2D eigenvalue weighted by atomic mass is 9.90. The van der Waals surface area contributed by atoms with Crippen molar-refractivity contribution in [3.63, 3.8) is 0 Å². The molecular formula is C25H24Br2ClF3N-. The van der Waals surface area contributed by atoms with Gasteiger partial charge in [0, 0.05) is 24.3 Å². The van der Waals surface area contributed by atoms with Gasteiger partial charge in [0.15, 0.2) is 0 Å². The summed E-state index contributed by atoms with van der Waals surface area (Å²) in [7, 11) is 0. The Hall–Kier alpha value is -1.34. The fourth-order valence-corrected chi connectivity index (χ4v) is 4.26. The molecule has 3 aromatic rings. The third-order valence-corrected chi connectivity index (χ3v) is 6.24. The van der Waals surface area contributed by atoms with Crippen LogP contribution in [0.15, 0.2) is 78.9 Å². The van der Waals surface area contributed by atoms with E-state index >= 15 is 0 Å². The number of hydrogen-bond donors (Lipinski definition) is 0. The minimum absolute atomic E-state index is 0. The highest BCUT2D eigenvalue weighted by atomic mass is 79.9. The first-order valence-electron chi connectivity index (χ1n) is 10.1. The summed E-state index contributed by atoms with van der Waals surface area (Å²) in [6, 6.07) is 24.5. The Morgan fingerprint density at radius 2 is 1.41 bits per heavy atom. The lowest BCUT2D eigenvalue weighted by Crippen LogP contribution is -3.00. The van der Waals surface area contributed by atoms with E-state index in [-0.39, 0.29) is 27.9 Å². The molecule has 0 N–H and O–H groups in total. The maximum absolute atomic E-state index is 13.3. The summed E-state index contributed by atoms with van der Waals surface area (Å²) in [5.74, 6) is 0.0994. The molecule has 0 saturated heterocycles. The van der Waals surface area contributed by atoms with Crippen LogP contribution in [0.2, 0.25) is 5.02 Å². The first-order valence-corrected chi connectivity index (χ1v) is 11.6. The normalized spacial score (nSPS) is 11.6. The Bertz CT molecular complexity index is 913. The van der Waals surface area contributed by atoms with Crippen LogP contribution >= 0.6 is 27.5 Å². The number of hydrogen-bond acceptors (Lipinski definition) is 1. The van der Waals surface area contributed by atoms with E-state index in [9.17, 15) is 13.2 Å². The van der Waals surface area contributed by atoms with Crippen LogP contribution in [0, 0.1) is 0 Å². The summed E-state index contributed by atoms with van der Waals surface area (Å²) < 4.78 is 40.0. The van der Waals surface area contributed by atoms with Crippen LogP contribution in [0.1, 0.15) is 34.6 Å². The van der Waals surface area contributed by atoms with Crippen LogP contribution in [0.3, 0.4) is 0 Å². The molecular weight excluding hydrogens is 567 g/mol. The van der Waals surface area contributed by atoms with Crippen molar-refractivity contribution in [3.8, 4) is 0 Å². The monoisotopic (exact) mass is 588 g/mol. The number of nitrogens with zero attached hydrogens (tertiary/aromatic N) is 1. The zero-order chi connectivity index (χ0) is 22.3. The molecule has 0 aliphatic rings. The number of rotatable bonds is 9. The Kier molecular flexibility index (Phi) is 10.7. The molecule has 0 aliphatic heterocycles. The Morgan fingerprint density at radius 3 is 1.91 bits per heavy atom. The molecule has 7 heteroatoms. The zero-order valence-corrected chi connectivity index (χ0v) is 21.3. The first kappa shape index (κ1) is 26.9. The van der Waals surface area contributed by atoms with Gasteiger partial charge in [-0.1, -0.05) is 100 Å². The molecule has 0 unspecified atom stereocenters. The molecule has 0 radical (unpaired) electrons. The smallest absolute Gasteiger partial charge is 0.417 e. The predicted octanol–water partition coefficient (Wildman–Crippen LogP) is 4.78. The first-order chi connectivity index (χ1) is 14.9. The number of halogens is 6. The fourth-order valence-electron chi connectivity index (χ4n) is 3.71. The summed E-state index contributed by atoms with van der Waals surface area (Å²) in [6.07, 6.45) is -3.59. The van der Waals surface area contributed by atoms with Gasteiger partial charge in [-0.05, 0) is 35.7 Å². The summed E-state index contributed by atoms with van der Waals surface area (Å²) in [5.41, 5.74) is 2.06.